The Kier molecular flexibility index (Phi) is 8.62. The SMILES string of the molecule is CCn1c(CSCc2ccc(F)cc2)nnc1SCC(=O)Nc1cc(Cl)ccc1OC. The molecule has 1 amide bonds. The third kappa shape index (κ3) is 6.62. The second-order valence-electron chi connectivity index (χ2n) is 6.44. The molecular formula is C21H22ClFN4O2S2. The minimum Gasteiger partial charge on any atom is -0.495 e. The lowest BCUT2D eigenvalue weighted by Gasteiger charge is -2.11. The molecule has 1 aromatic heterocycles. The first-order valence-corrected chi connectivity index (χ1v) is 12.0. The van der Waals surface area contributed by atoms with Crippen molar-refractivity contribution < 1.29 is 13.9 Å². The summed E-state index contributed by atoms with van der Waals surface area (Å²) >= 11 is 9.01. The van der Waals surface area contributed by atoms with Crippen LogP contribution in [0.4, 0.5) is 10.1 Å². The highest BCUT2D eigenvalue weighted by Gasteiger charge is 2.14. The molecule has 0 aliphatic rings. The normalized spacial score (nSPS) is 10.8. The Balaban J connectivity index is 1.54. The monoisotopic (exact) mass is 480 g/mol. The molecule has 1 heterocycles. The van der Waals surface area contributed by atoms with E-state index >= 15 is 0 Å². The molecule has 6 nitrogen and oxygen atoms in total. The summed E-state index contributed by atoms with van der Waals surface area (Å²) in [6, 6.07) is 11.5. The summed E-state index contributed by atoms with van der Waals surface area (Å²) in [5, 5.41) is 12.5. The predicted molar refractivity (Wildman–Crippen MR) is 124 cm³/mol. The summed E-state index contributed by atoms with van der Waals surface area (Å²) in [5.74, 6) is 2.56. The highest BCUT2D eigenvalue weighted by atomic mass is 35.5. The van der Waals surface area contributed by atoms with Gasteiger partial charge in [0.1, 0.15) is 17.4 Å². The van der Waals surface area contributed by atoms with Gasteiger partial charge in [0.15, 0.2) is 5.16 Å². The fourth-order valence-corrected chi connectivity index (χ4v) is 4.70. The number of thioether (sulfide) groups is 2. The molecule has 164 valence electrons. The Hall–Kier alpha value is -2.23. The third-order valence-electron chi connectivity index (χ3n) is 4.29. The predicted octanol–water partition coefficient (Wildman–Crippen LogP) is 5.26. The molecule has 0 saturated carbocycles. The summed E-state index contributed by atoms with van der Waals surface area (Å²) in [7, 11) is 1.53. The Morgan fingerprint density at radius 1 is 1.19 bits per heavy atom. The van der Waals surface area contributed by atoms with Gasteiger partial charge in [-0.2, -0.15) is 0 Å². The fourth-order valence-electron chi connectivity index (χ4n) is 2.79. The zero-order chi connectivity index (χ0) is 22.2. The summed E-state index contributed by atoms with van der Waals surface area (Å²) in [6.07, 6.45) is 0. The van der Waals surface area contributed by atoms with Crippen molar-refractivity contribution in [2.45, 2.75) is 30.1 Å². The molecule has 1 N–H and O–H groups in total. The van der Waals surface area contributed by atoms with E-state index in [1.165, 1.54) is 31.0 Å². The third-order valence-corrected chi connectivity index (χ3v) is 6.49. The van der Waals surface area contributed by atoms with Gasteiger partial charge in [0.25, 0.3) is 0 Å². The first-order valence-electron chi connectivity index (χ1n) is 9.50. The van der Waals surface area contributed by atoms with Crippen LogP contribution in [-0.4, -0.2) is 33.5 Å². The summed E-state index contributed by atoms with van der Waals surface area (Å²) in [5.41, 5.74) is 1.58. The summed E-state index contributed by atoms with van der Waals surface area (Å²) in [6.45, 7) is 2.71. The highest BCUT2D eigenvalue weighted by Crippen LogP contribution is 2.28. The van der Waals surface area contributed by atoms with Crippen molar-refractivity contribution in [2.75, 3.05) is 18.2 Å². The molecule has 0 atom stereocenters. The number of halogens is 2. The lowest BCUT2D eigenvalue weighted by molar-refractivity contribution is -0.113. The fraction of sp³-hybridized carbons (Fsp3) is 0.286. The number of benzene rings is 2. The lowest BCUT2D eigenvalue weighted by Crippen LogP contribution is -2.15. The number of nitrogens with one attached hydrogen (secondary N) is 1. The van der Waals surface area contributed by atoms with Crippen molar-refractivity contribution >= 4 is 46.7 Å². The van der Waals surface area contributed by atoms with Gasteiger partial charge in [-0.25, -0.2) is 4.39 Å². The Morgan fingerprint density at radius 3 is 2.68 bits per heavy atom. The van der Waals surface area contributed by atoms with Gasteiger partial charge in [-0.3, -0.25) is 4.79 Å². The van der Waals surface area contributed by atoms with Gasteiger partial charge in [-0.15, -0.1) is 22.0 Å². The topological polar surface area (TPSA) is 69.0 Å². The van der Waals surface area contributed by atoms with E-state index in [1.54, 1.807) is 42.1 Å². The number of nitrogens with zero attached hydrogens (tertiary/aromatic N) is 3. The molecule has 3 aromatic rings. The van der Waals surface area contributed by atoms with E-state index in [0.717, 1.165) is 17.1 Å². The molecule has 0 radical (unpaired) electrons. The van der Waals surface area contributed by atoms with Gasteiger partial charge in [-0.1, -0.05) is 35.5 Å². The van der Waals surface area contributed by atoms with Gasteiger partial charge < -0.3 is 14.6 Å². The minimum absolute atomic E-state index is 0.177. The van der Waals surface area contributed by atoms with Crippen LogP contribution < -0.4 is 10.1 Å². The summed E-state index contributed by atoms with van der Waals surface area (Å²) in [4.78, 5) is 12.4. The number of hydrogen-bond donors (Lipinski definition) is 1. The number of aromatic nitrogens is 3. The molecule has 2 aromatic carbocycles. The van der Waals surface area contributed by atoms with Gasteiger partial charge in [0, 0.05) is 17.3 Å². The van der Waals surface area contributed by atoms with E-state index in [9.17, 15) is 9.18 Å². The maximum absolute atomic E-state index is 13.0. The molecule has 3 rings (SSSR count). The second-order valence-corrected chi connectivity index (χ2v) is 8.81. The van der Waals surface area contributed by atoms with E-state index in [4.69, 9.17) is 16.3 Å². The molecule has 0 fully saturated rings. The minimum atomic E-state index is -0.237. The summed E-state index contributed by atoms with van der Waals surface area (Å²) < 4.78 is 20.3. The molecule has 0 spiro atoms. The smallest absolute Gasteiger partial charge is 0.234 e. The number of methoxy groups -OCH3 is 1. The van der Waals surface area contributed by atoms with Crippen molar-refractivity contribution in [1.82, 2.24) is 14.8 Å². The van der Waals surface area contributed by atoms with Crippen LogP contribution in [0.3, 0.4) is 0 Å². The zero-order valence-corrected chi connectivity index (χ0v) is 19.5. The molecule has 0 bridgehead atoms. The van der Waals surface area contributed by atoms with Crippen LogP contribution >= 0.6 is 35.1 Å². The average molecular weight is 481 g/mol. The number of carbonyl (C=O) groups excluding carboxylic acids is 1. The largest absolute Gasteiger partial charge is 0.495 e. The number of ether oxygens (including phenoxy) is 1. The second kappa shape index (κ2) is 11.4. The quantitative estimate of drug-likeness (QED) is 0.399. The first kappa shape index (κ1) is 23.4. The van der Waals surface area contributed by atoms with Crippen molar-refractivity contribution in [1.29, 1.82) is 0 Å². The van der Waals surface area contributed by atoms with E-state index < -0.39 is 0 Å². The van der Waals surface area contributed by atoms with Crippen molar-refractivity contribution in [3.8, 4) is 5.75 Å². The molecule has 10 heteroatoms. The molecule has 0 unspecified atom stereocenters. The number of hydrogen-bond acceptors (Lipinski definition) is 6. The van der Waals surface area contributed by atoms with Crippen LogP contribution in [0.5, 0.6) is 5.75 Å². The standard InChI is InChI=1S/C21H22ClFN4O2S2/c1-3-27-19(12-30-11-14-4-7-16(23)8-5-14)25-26-21(27)31-13-20(28)24-17-10-15(22)6-9-18(17)29-2/h4-10H,3,11-13H2,1-2H3,(H,24,28). The zero-order valence-electron chi connectivity index (χ0n) is 17.1. The molecule has 0 saturated heterocycles. The van der Waals surface area contributed by atoms with E-state index in [2.05, 4.69) is 15.5 Å². The number of anilines is 1. The maximum atomic E-state index is 13.0. The van der Waals surface area contributed by atoms with Gasteiger partial charge >= 0.3 is 0 Å². The highest BCUT2D eigenvalue weighted by molar-refractivity contribution is 7.99. The maximum Gasteiger partial charge on any atom is 0.234 e. The van der Waals surface area contributed by atoms with Crippen molar-refractivity contribution in [2.24, 2.45) is 0 Å². The Morgan fingerprint density at radius 2 is 1.97 bits per heavy atom. The molecule has 0 aliphatic carbocycles. The van der Waals surface area contributed by atoms with Crippen LogP contribution in [-0.2, 0) is 22.8 Å². The number of carbonyl (C=O) groups is 1. The van der Waals surface area contributed by atoms with Gasteiger partial charge in [-0.05, 0) is 42.8 Å². The van der Waals surface area contributed by atoms with E-state index in [0.29, 0.717) is 33.9 Å². The van der Waals surface area contributed by atoms with E-state index in [1.807, 2.05) is 11.5 Å². The van der Waals surface area contributed by atoms with Gasteiger partial charge in [0.2, 0.25) is 5.91 Å². The van der Waals surface area contributed by atoms with Crippen LogP contribution in [0, 0.1) is 5.82 Å². The van der Waals surface area contributed by atoms with Crippen LogP contribution in [0.25, 0.3) is 0 Å². The van der Waals surface area contributed by atoms with Crippen molar-refractivity contribution in [3.63, 3.8) is 0 Å². The number of rotatable bonds is 10. The first-order chi connectivity index (χ1) is 15.0. The van der Waals surface area contributed by atoms with Crippen LogP contribution in [0.1, 0.15) is 18.3 Å². The Labute approximate surface area is 193 Å². The van der Waals surface area contributed by atoms with Crippen LogP contribution in [0.2, 0.25) is 5.02 Å². The van der Waals surface area contributed by atoms with Crippen LogP contribution in [0.15, 0.2) is 47.6 Å². The number of amides is 1. The molecular weight excluding hydrogens is 459 g/mol. The van der Waals surface area contributed by atoms with Gasteiger partial charge in [0.05, 0.1) is 24.3 Å². The van der Waals surface area contributed by atoms with Crippen molar-refractivity contribution in [3.05, 3.63) is 64.7 Å². The molecule has 31 heavy (non-hydrogen) atoms. The lowest BCUT2D eigenvalue weighted by atomic mass is 10.2. The average Bonchev–Trinajstić information content (AvgIpc) is 3.15. The molecule has 0 aliphatic heterocycles. The Bertz CT molecular complexity index is 1030. The van der Waals surface area contributed by atoms with E-state index in [-0.39, 0.29) is 17.5 Å².